The SMILES string of the molecule is CC1(C)C2CC[C@@]1(C[SH](=O)=O)[C@H](N)C2. The van der Waals surface area contributed by atoms with Crippen LogP contribution < -0.4 is 5.73 Å². The summed E-state index contributed by atoms with van der Waals surface area (Å²) in [6.07, 6.45) is 3.16. The van der Waals surface area contributed by atoms with Gasteiger partial charge in [0.25, 0.3) is 0 Å². The summed E-state index contributed by atoms with van der Waals surface area (Å²) < 4.78 is 21.9. The predicted molar refractivity (Wildman–Crippen MR) is 56.7 cm³/mol. The van der Waals surface area contributed by atoms with Gasteiger partial charge in [0.1, 0.15) is 10.7 Å². The van der Waals surface area contributed by atoms with Crippen LogP contribution in [0.1, 0.15) is 33.1 Å². The number of nitrogens with two attached hydrogens (primary N) is 1. The molecule has 2 aliphatic rings. The maximum atomic E-state index is 11.0. The molecule has 0 spiro atoms. The van der Waals surface area contributed by atoms with E-state index in [1.165, 1.54) is 0 Å². The fourth-order valence-corrected chi connectivity index (χ4v) is 5.02. The lowest BCUT2D eigenvalue weighted by molar-refractivity contribution is 0.140. The largest absolute Gasteiger partial charge is 0.327 e. The Hall–Kier alpha value is -0.0900. The Balaban J connectivity index is 2.39. The van der Waals surface area contributed by atoms with Gasteiger partial charge in [-0.15, -0.1) is 0 Å². The van der Waals surface area contributed by atoms with Crippen LogP contribution in [0.5, 0.6) is 0 Å². The standard InChI is InChI=1S/C10H19NO2S/c1-9(2)7-3-4-10(9,6-14(12)13)8(11)5-7/h7-8,14H,3-6,11H2,1-2H3/t7?,8-,10-/m1/s1. The number of hydrogen-bond acceptors (Lipinski definition) is 3. The van der Waals surface area contributed by atoms with Crippen molar-refractivity contribution in [3.63, 3.8) is 0 Å². The van der Waals surface area contributed by atoms with Crippen LogP contribution in [0.4, 0.5) is 0 Å². The van der Waals surface area contributed by atoms with Gasteiger partial charge in [0.15, 0.2) is 0 Å². The molecule has 0 amide bonds. The molecular weight excluding hydrogens is 198 g/mol. The van der Waals surface area contributed by atoms with Crippen molar-refractivity contribution < 1.29 is 8.42 Å². The number of rotatable bonds is 2. The van der Waals surface area contributed by atoms with Crippen LogP contribution in [0.15, 0.2) is 0 Å². The zero-order valence-corrected chi connectivity index (χ0v) is 9.72. The molecule has 4 heteroatoms. The van der Waals surface area contributed by atoms with Gasteiger partial charge in [-0.25, -0.2) is 8.42 Å². The van der Waals surface area contributed by atoms with Crippen LogP contribution in [0.2, 0.25) is 0 Å². The first-order valence-electron chi connectivity index (χ1n) is 5.27. The highest BCUT2D eigenvalue weighted by Gasteiger charge is 2.62. The molecule has 2 bridgehead atoms. The molecule has 1 unspecified atom stereocenters. The summed E-state index contributed by atoms with van der Waals surface area (Å²) >= 11 is 0. The fourth-order valence-electron chi connectivity index (χ4n) is 3.76. The molecule has 3 atom stereocenters. The van der Waals surface area contributed by atoms with Gasteiger partial charge in [0, 0.05) is 11.5 Å². The Labute approximate surface area is 87.0 Å². The van der Waals surface area contributed by atoms with Gasteiger partial charge in [0.2, 0.25) is 0 Å². The van der Waals surface area contributed by atoms with Gasteiger partial charge in [0.05, 0.1) is 5.75 Å². The third kappa shape index (κ3) is 1.10. The molecule has 0 aliphatic heterocycles. The summed E-state index contributed by atoms with van der Waals surface area (Å²) in [5.41, 5.74) is 6.09. The summed E-state index contributed by atoms with van der Waals surface area (Å²) in [5, 5.41) is 0. The predicted octanol–water partition coefficient (Wildman–Crippen LogP) is 0.751. The first-order valence-corrected chi connectivity index (χ1v) is 6.64. The van der Waals surface area contributed by atoms with Crippen LogP contribution in [0.3, 0.4) is 0 Å². The summed E-state index contributed by atoms with van der Waals surface area (Å²) in [6.45, 7) is 4.38. The average molecular weight is 217 g/mol. The molecule has 0 radical (unpaired) electrons. The number of fused-ring (bicyclic) bond motifs is 2. The van der Waals surface area contributed by atoms with E-state index in [0.29, 0.717) is 5.92 Å². The highest BCUT2D eigenvalue weighted by molar-refractivity contribution is 7.72. The van der Waals surface area contributed by atoms with Gasteiger partial charge in [-0.3, -0.25) is 0 Å². The summed E-state index contributed by atoms with van der Waals surface area (Å²) in [5.74, 6) is 0.917. The van der Waals surface area contributed by atoms with E-state index in [9.17, 15) is 8.42 Å². The van der Waals surface area contributed by atoms with E-state index in [1.54, 1.807) is 0 Å². The lowest BCUT2D eigenvalue weighted by Gasteiger charge is -2.39. The zero-order valence-electron chi connectivity index (χ0n) is 8.82. The van der Waals surface area contributed by atoms with Crippen LogP contribution >= 0.6 is 0 Å². The van der Waals surface area contributed by atoms with Crippen molar-refractivity contribution in [1.82, 2.24) is 0 Å². The molecule has 0 aromatic heterocycles. The van der Waals surface area contributed by atoms with Crippen molar-refractivity contribution in [3.05, 3.63) is 0 Å². The smallest absolute Gasteiger partial charge is 0.140 e. The highest BCUT2D eigenvalue weighted by Crippen LogP contribution is 2.65. The maximum absolute atomic E-state index is 11.0. The molecule has 2 N–H and O–H groups in total. The molecule has 0 heterocycles. The molecule has 0 aromatic carbocycles. The second kappa shape index (κ2) is 2.95. The van der Waals surface area contributed by atoms with Crippen LogP contribution in [0.25, 0.3) is 0 Å². The normalized spacial score (nSPS) is 44.9. The fraction of sp³-hybridized carbons (Fsp3) is 1.00. The van der Waals surface area contributed by atoms with E-state index >= 15 is 0 Å². The quantitative estimate of drug-likeness (QED) is 0.671. The van der Waals surface area contributed by atoms with E-state index in [1.807, 2.05) is 0 Å². The Morgan fingerprint density at radius 3 is 2.43 bits per heavy atom. The Morgan fingerprint density at radius 1 is 1.43 bits per heavy atom. The van der Waals surface area contributed by atoms with E-state index in [4.69, 9.17) is 5.73 Å². The molecule has 2 fully saturated rings. The number of hydrogen-bond donors (Lipinski definition) is 2. The van der Waals surface area contributed by atoms with Crippen LogP contribution in [0, 0.1) is 16.7 Å². The molecule has 14 heavy (non-hydrogen) atoms. The lowest BCUT2D eigenvalue weighted by Crippen LogP contribution is -2.46. The van der Waals surface area contributed by atoms with Gasteiger partial charge in [-0.1, -0.05) is 13.8 Å². The monoisotopic (exact) mass is 217 g/mol. The van der Waals surface area contributed by atoms with Gasteiger partial charge in [-0.05, 0) is 30.6 Å². The lowest BCUT2D eigenvalue weighted by atomic mass is 9.69. The van der Waals surface area contributed by atoms with Gasteiger partial charge >= 0.3 is 0 Å². The third-order valence-electron chi connectivity index (χ3n) is 4.90. The minimum Gasteiger partial charge on any atom is -0.327 e. The summed E-state index contributed by atoms with van der Waals surface area (Å²) in [6, 6.07) is 0.0872. The van der Waals surface area contributed by atoms with Crippen molar-refractivity contribution in [2.24, 2.45) is 22.5 Å². The van der Waals surface area contributed by atoms with E-state index in [2.05, 4.69) is 13.8 Å². The second-order valence-corrected chi connectivity index (χ2v) is 6.43. The van der Waals surface area contributed by atoms with Gasteiger partial charge < -0.3 is 5.73 Å². The van der Waals surface area contributed by atoms with E-state index < -0.39 is 10.7 Å². The Bertz CT molecular complexity index is 316. The highest BCUT2D eigenvalue weighted by atomic mass is 32.2. The van der Waals surface area contributed by atoms with Gasteiger partial charge in [-0.2, -0.15) is 0 Å². The van der Waals surface area contributed by atoms with E-state index in [-0.39, 0.29) is 22.6 Å². The summed E-state index contributed by atoms with van der Waals surface area (Å²) in [4.78, 5) is 0. The molecule has 0 saturated heterocycles. The minimum absolute atomic E-state index is 0.0872. The van der Waals surface area contributed by atoms with Crippen molar-refractivity contribution in [1.29, 1.82) is 0 Å². The second-order valence-electron chi connectivity index (χ2n) is 5.45. The summed E-state index contributed by atoms with van der Waals surface area (Å²) in [7, 11) is -2.30. The van der Waals surface area contributed by atoms with Crippen molar-refractivity contribution in [3.8, 4) is 0 Å². The van der Waals surface area contributed by atoms with E-state index in [0.717, 1.165) is 19.3 Å². The Morgan fingerprint density at radius 2 is 2.07 bits per heavy atom. The van der Waals surface area contributed by atoms with Crippen molar-refractivity contribution in [2.75, 3.05) is 5.75 Å². The molecule has 0 aromatic rings. The molecule has 3 nitrogen and oxygen atoms in total. The molecule has 82 valence electrons. The molecule has 2 aliphatic carbocycles. The van der Waals surface area contributed by atoms with Crippen LogP contribution in [-0.4, -0.2) is 20.2 Å². The first kappa shape index (κ1) is 10.4. The van der Waals surface area contributed by atoms with Crippen molar-refractivity contribution >= 4 is 10.7 Å². The third-order valence-corrected chi connectivity index (χ3v) is 5.72. The Kier molecular flexibility index (Phi) is 2.20. The molecular formula is C10H19NO2S. The topological polar surface area (TPSA) is 60.2 Å². The molecule has 2 rings (SSSR count). The maximum Gasteiger partial charge on any atom is 0.140 e. The zero-order chi connectivity index (χ0) is 10.6. The first-order chi connectivity index (χ1) is 6.40. The average Bonchev–Trinajstić information content (AvgIpc) is 2.36. The number of thiol groups is 1. The minimum atomic E-state index is -2.30. The van der Waals surface area contributed by atoms with Crippen LogP contribution in [-0.2, 0) is 10.7 Å². The van der Waals surface area contributed by atoms with Crippen molar-refractivity contribution in [2.45, 2.75) is 39.2 Å². The molecule has 2 saturated carbocycles.